The van der Waals surface area contributed by atoms with Gasteiger partial charge in [0, 0.05) is 31.4 Å². The molecule has 1 aliphatic heterocycles. The number of fused-ring (bicyclic) bond motifs is 1. The van der Waals surface area contributed by atoms with E-state index in [0.717, 1.165) is 37.5 Å². The summed E-state index contributed by atoms with van der Waals surface area (Å²) in [5, 5.41) is 29.4. The highest BCUT2D eigenvalue weighted by molar-refractivity contribution is 5.66. The molecule has 31 heavy (non-hydrogen) atoms. The summed E-state index contributed by atoms with van der Waals surface area (Å²) in [5.74, 6) is -2.14. The molecular formula is C23H30F2O6. The van der Waals surface area contributed by atoms with Crippen molar-refractivity contribution in [3.05, 3.63) is 42.0 Å². The molecule has 3 N–H and O–H groups in total. The van der Waals surface area contributed by atoms with Crippen LogP contribution < -0.4 is 4.74 Å². The minimum atomic E-state index is -1.04. The average molecular weight is 440 g/mol. The van der Waals surface area contributed by atoms with Gasteiger partial charge in [0.05, 0.1) is 12.2 Å². The fourth-order valence-electron chi connectivity index (χ4n) is 4.56. The molecule has 0 unspecified atom stereocenters. The molecule has 0 spiro atoms. The van der Waals surface area contributed by atoms with E-state index in [1.165, 1.54) is 6.08 Å². The lowest BCUT2D eigenvalue weighted by atomic mass is 9.86. The van der Waals surface area contributed by atoms with E-state index in [1.54, 1.807) is 6.08 Å². The average Bonchev–Trinajstić information content (AvgIpc) is 2.88. The van der Waals surface area contributed by atoms with Crippen molar-refractivity contribution in [1.82, 2.24) is 0 Å². The molecule has 0 radical (unpaired) electrons. The van der Waals surface area contributed by atoms with Crippen LogP contribution in [0.3, 0.4) is 0 Å². The third-order valence-electron chi connectivity index (χ3n) is 6.21. The minimum Gasteiger partial charge on any atom is -0.487 e. The normalized spacial score (nSPS) is 29.5. The first kappa shape index (κ1) is 23.6. The van der Waals surface area contributed by atoms with Gasteiger partial charge in [-0.3, -0.25) is 4.79 Å². The highest BCUT2D eigenvalue weighted by atomic mass is 19.1. The number of benzene rings is 1. The maximum Gasteiger partial charge on any atom is 0.303 e. The SMILES string of the molecule is O=C(O)CCC[C@H]1CC[C@@H]2[C@@H](C=C[C@@H](O)COc3cc(F)ccc3F)[C@@H](O)C[C@@H]2OC1. The molecule has 0 bridgehead atoms. The molecule has 8 heteroatoms. The Morgan fingerprint density at radius 3 is 2.90 bits per heavy atom. The number of hydrogen-bond donors (Lipinski definition) is 3. The Kier molecular flexibility index (Phi) is 8.40. The van der Waals surface area contributed by atoms with Crippen molar-refractivity contribution >= 4 is 5.97 Å². The zero-order valence-corrected chi connectivity index (χ0v) is 17.3. The number of carbonyl (C=O) groups is 1. The fourth-order valence-corrected chi connectivity index (χ4v) is 4.56. The predicted molar refractivity (Wildman–Crippen MR) is 109 cm³/mol. The number of carboxylic acid groups (broad SMARTS) is 1. The van der Waals surface area contributed by atoms with Crippen molar-refractivity contribution in [3.63, 3.8) is 0 Å². The molecule has 172 valence electrons. The summed E-state index contributed by atoms with van der Waals surface area (Å²) in [6.45, 7) is 0.329. The van der Waals surface area contributed by atoms with Crippen LogP contribution >= 0.6 is 0 Å². The van der Waals surface area contributed by atoms with E-state index < -0.39 is 29.8 Å². The maximum atomic E-state index is 13.6. The second-order valence-corrected chi connectivity index (χ2v) is 8.48. The van der Waals surface area contributed by atoms with E-state index >= 15 is 0 Å². The van der Waals surface area contributed by atoms with E-state index in [9.17, 15) is 23.8 Å². The van der Waals surface area contributed by atoms with Gasteiger partial charge in [-0.2, -0.15) is 0 Å². The standard InChI is InChI=1S/C23H30F2O6/c24-15-5-9-19(25)22(10-15)31-13-16(26)6-8-17-18-7-4-14(2-1-3-23(28)29)12-30-21(18)11-20(17)27/h5-6,8-10,14,16-18,20-21,26-27H,1-4,7,11-13H2,(H,28,29)/t14-,16+,17+,18+,20-,21-/m0/s1. The largest absolute Gasteiger partial charge is 0.487 e. The number of halogens is 2. The Hall–Kier alpha value is -2.03. The fraction of sp³-hybridized carbons (Fsp3) is 0.609. The van der Waals surface area contributed by atoms with Crippen LogP contribution in [0.4, 0.5) is 8.78 Å². The molecule has 6 nitrogen and oxygen atoms in total. The molecule has 1 heterocycles. The smallest absolute Gasteiger partial charge is 0.303 e. The van der Waals surface area contributed by atoms with E-state index in [0.29, 0.717) is 25.4 Å². The van der Waals surface area contributed by atoms with Crippen LogP contribution in [0.25, 0.3) is 0 Å². The van der Waals surface area contributed by atoms with Crippen LogP contribution in [0.15, 0.2) is 30.4 Å². The van der Waals surface area contributed by atoms with Crippen LogP contribution in [0, 0.1) is 29.4 Å². The van der Waals surface area contributed by atoms with Crippen molar-refractivity contribution in [2.75, 3.05) is 13.2 Å². The Bertz CT molecular complexity index is 770. The molecular weight excluding hydrogens is 410 g/mol. The molecule has 0 aromatic heterocycles. The van der Waals surface area contributed by atoms with Gasteiger partial charge in [-0.25, -0.2) is 8.78 Å². The molecule has 3 rings (SSSR count). The number of ether oxygens (including phenoxy) is 2. The van der Waals surface area contributed by atoms with Crippen molar-refractivity contribution in [1.29, 1.82) is 0 Å². The van der Waals surface area contributed by atoms with E-state index in [4.69, 9.17) is 14.6 Å². The van der Waals surface area contributed by atoms with E-state index in [-0.39, 0.29) is 36.7 Å². The predicted octanol–water partition coefficient (Wildman–Crippen LogP) is 3.31. The van der Waals surface area contributed by atoms with Gasteiger partial charge in [0.2, 0.25) is 0 Å². The number of hydrogen-bond acceptors (Lipinski definition) is 5. The summed E-state index contributed by atoms with van der Waals surface area (Å²) in [6.07, 6.45) is 5.47. The lowest BCUT2D eigenvalue weighted by Gasteiger charge is -2.21. The zero-order valence-electron chi connectivity index (χ0n) is 17.3. The highest BCUT2D eigenvalue weighted by Crippen LogP contribution is 2.42. The molecule has 2 aliphatic rings. The molecule has 6 atom stereocenters. The lowest BCUT2D eigenvalue weighted by molar-refractivity contribution is -0.137. The van der Waals surface area contributed by atoms with Crippen LogP contribution in [0.2, 0.25) is 0 Å². The molecule has 1 aromatic carbocycles. The van der Waals surface area contributed by atoms with Gasteiger partial charge in [-0.15, -0.1) is 0 Å². The first-order valence-electron chi connectivity index (χ1n) is 10.8. The quantitative estimate of drug-likeness (QED) is 0.510. The topological polar surface area (TPSA) is 96.2 Å². The van der Waals surface area contributed by atoms with Gasteiger partial charge >= 0.3 is 5.97 Å². The summed E-state index contributed by atoms with van der Waals surface area (Å²) >= 11 is 0. The molecule has 2 fully saturated rings. The minimum absolute atomic E-state index is 0.0658. The van der Waals surface area contributed by atoms with Crippen LogP contribution in [-0.2, 0) is 9.53 Å². The molecule has 1 aromatic rings. The number of aliphatic hydroxyl groups is 2. The lowest BCUT2D eigenvalue weighted by Crippen LogP contribution is -2.22. The van der Waals surface area contributed by atoms with E-state index in [2.05, 4.69) is 0 Å². The van der Waals surface area contributed by atoms with E-state index in [1.807, 2.05) is 0 Å². The highest BCUT2D eigenvalue weighted by Gasteiger charge is 2.43. The van der Waals surface area contributed by atoms with Crippen molar-refractivity contribution in [3.8, 4) is 5.75 Å². The Balaban J connectivity index is 1.51. The molecule has 0 amide bonds. The Morgan fingerprint density at radius 2 is 2.13 bits per heavy atom. The molecule has 1 saturated heterocycles. The van der Waals surface area contributed by atoms with Gasteiger partial charge < -0.3 is 24.8 Å². The summed E-state index contributed by atoms with van der Waals surface area (Å²) in [4.78, 5) is 10.7. The van der Waals surface area contributed by atoms with Crippen molar-refractivity contribution in [2.24, 2.45) is 17.8 Å². The number of rotatable bonds is 9. The third-order valence-corrected chi connectivity index (χ3v) is 6.21. The van der Waals surface area contributed by atoms with Gasteiger partial charge in [0.1, 0.15) is 18.5 Å². The zero-order chi connectivity index (χ0) is 22.4. The summed E-state index contributed by atoms with van der Waals surface area (Å²) in [5.41, 5.74) is 0. The Labute approximate surface area is 180 Å². The Morgan fingerprint density at radius 1 is 1.32 bits per heavy atom. The van der Waals surface area contributed by atoms with Crippen molar-refractivity contribution in [2.45, 2.75) is 56.8 Å². The summed E-state index contributed by atoms with van der Waals surface area (Å²) < 4.78 is 38.0. The number of aliphatic hydroxyl groups excluding tert-OH is 2. The number of carboxylic acids is 1. The summed E-state index contributed by atoms with van der Waals surface area (Å²) in [6, 6.07) is 2.87. The second-order valence-electron chi connectivity index (χ2n) is 8.48. The van der Waals surface area contributed by atoms with Crippen molar-refractivity contribution < 1.29 is 38.4 Å². The van der Waals surface area contributed by atoms with Crippen LogP contribution in [0.5, 0.6) is 5.75 Å². The summed E-state index contributed by atoms with van der Waals surface area (Å²) in [7, 11) is 0. The second kappa shape index (κ2) is 11.0. The van der Waals surface area contributed by atoms with Gasteiger partial charge in [0.15, 0.2) is 11.6 Å². The number of aliphatic carboxylic acids is 1. The first-order chi connectivity index (χ1) is 14.8. The monoisotopic (exact) mass is 440 g/mol. The van der Waals surface area contributed by atoms with Gasteiger partial charge in [0.25, 0.3) is 0 Å². The molecule has 1 saturated carbocycles. The van der Waals surface area contributed by atoms with Gasteiger partial charge in [-0.1, -0.05) is 12.2 Å². The maximum absolute atomic E-state index is 13.6. The third kappa shape index (κ3) is 6.72. The van der Waals surface area contributed by atoms with Crippen LogP contribution in [0.1, 0.15) is 38.5 Å². The van der Waals surface area contributed by atoms with Gasteiger partial charge in [-0.05, 0) is 49.7 Å². The first-order valence-corrected chi connectivity index (χ1v) is 10.8. The van der Waals surface area contributed by atoms with Crippen LogP contribution in [-0.4, -0.2) is 52.8 Å². The molecule has 1 aliphatic carbocycles.